The molecular formula is C13H24F2N2. The van der Waals surface area contributed by atoms with Crippen LogP contribution in [0.25, 0.3) is 0 Å². The van der Waals surface area contributed by atoms with Crippen LogP contribution in [0.5, 0.6) is 0 Å². The Morgan fingerprint density at radius 1 is 1.12 bits per heavy atom. The molecule has 1 atom stereocenters. The third-order valence-electron chi connectivity index (χ3n) is 3.72. The van der Waals surface area contributed by atoms with Crippen molar-refractivity contribution in [3.63, 3.8) is 0 Å². The van der Waals surface area contributed by atoms with Crippen LogP contribution in [0.3, 0.4) is 0 Å². The van der Waals surface area contributed by atoms with E-state index in [-0.39, 0.29) is 18.8 Å². The quantitative estimate of drug-likeness (QED) is 0.675. The maximum absolute atomic E-state index is 13.1. The molecule has 0 amide bonds. The highest BCUT2D eigenvalue weighted by atomic mass is 19.3. The Labute approximate surface area is 103 Å². The van der Waals surface area contributed by atoms with Crippen LogP contribution in [0.15, 0.2) is 0 Å². The lowest BCUT2D eigenvalue weighted by atomic mass is 9.86. The third-order valence-corrected chi connectivity index (χ3v) is 3.72. The molecule has 4 heteroatoms. The van der Waals surface area contributed by atoms with Gasteiger partial charge in [-0.2, -0.15) is 0 Å². The summed E-state index contributed by atoms with van der Waals surface area (Å²) in [6.07, 6.45) is 5.56. The minimum absolute atomic E-state index is 0.0837. The largest absolute Gasteiger partial charge is 0.316 e. The van der Waals surface area contributed by atoms with Crippen molar-refractivity contribution in [1.82, 2.24) is 10.6 Å². The van der Waals surface area contributed by atoms with Gasteiger partial charge in [-0.25, -0.2) is 8.78 Å². The molecule has 2 nitrogen and oxygen atoms in total. The van der Waals surface area contributed by atoms with Gasteiger partial charge in [0, 0.05) is 18.9 Å². The summed E-state index contributed by atoms with van der Waals surface area (Å²) in [6.45, 7) is 2.76. The van der Waals surface area contributed by atoms with E-state index in [1.165, 1.54) is 12.8 Å². The molecule has 2 rings (SSSR count). The maximum Gasteiger partial charge on any atom is 0.248 e. The van der Waals surface area contributed by atoms with E-state index in [0.717, 1.165) is 38.5 Å². The molecule has 0 bridgehead atoms. The van der Waals surface area contributed by atoms with E-state index < -0.39 is 5.92 Å². The number of hydrogen-bond donors (Lipinski definition) is 2. The van der Waals surface area contributed by atoms with Crippen LogP contribution in [-0.4, -0.2) is 31.6 Å². The number of halogens is 2. The number of alkyl halides is 2. The third kappa shape index (κ3) is 5.30. The summed E-state index contributed by atoms with van der Waals surface area (Å²) in [5.41, 5.74) is 0. The Hall–Kier alpha value is -0.220. The number of hydrogen-bond acceptors (Lipinski definition) is 2. The molecule has 2 fully saturated rings. The first-order valence-electron chi connectivity index (χ1n) is 6.98. The van der Waals surface area contributed by atoms with Crippen molar-refractivity contribution < 1.29 is 8.78 Å². The fraction of sp³-hybridized carbons (Fsp3) is 1.00. The molecule has 2 N–H and O–H groups in total. The second-order valence-electron chi connectivity index (χ2n) is 5.60. The first-order valence-corrected chi connectivity index (χ1v) is 6.98. The number of nitrogens with one attached hydrogen (secondary N) is 2. The molecule has 2 saturated carbocycles. The number of rotatable bonds is 7. The van der Waals surface area contributed by atoms with Gasteiger partial charge in [0.1, 0.15) is 0 Å². The summed E-state index contributed by atoms with van der Waals surface area (Å²) in [5, 5.41) is 6.76. The van der Waals surface area contributed by atoms with Crippen molar-refractivity contribution in [3.05, 3.63) is 0 Å². The van der Waals surface area contributed by atoms with Crippen molar-refractivity contribution in [3.8, 4) is 0 Å². The van der Waals surface area contributed by atoms with Gasteiger partial charge in [-0.3, -0.25) is 0 Å². The first-order chi connectivity index (χ1) is 8.16. The van der Waals surface area contributed by atoms with Gasteiger partial charge in [0.15, 0.2) is 0 Å². The molecule has 0 aromatic rings. The average Bonchev–Trinajstić information content (AvgIpc) is 3.05. The highest BCUT2D eigenvalue weighted by Gasteiger charge is 2.35. The summed E-state index contributed by atoms with van der Waals surface area (Å²) < 4.78 is 26.3. The van der Waals surface area contributed by atoms with Crippen molar-refractivity contribution in [2.75, 3.05) is 19.6 Å². The molecule has 2 aliphatic carbocycles. The molecule has 0 heterocycles. The van der Waals surface area contributed by atoms with E-state index in [1.54, 1.807) is 0 Å². The normalized spacial score (nSPS) is 28.2. The molecule has 17 heavy (non-hydrogen) atoms. The molecule has 0 aromatic carbocycles. The lowest BCUT2D eigenvalue weighted by Gasteiger charge is -2.29. The summed E-state index contributed by atoms with van der Waals surface area (Å²) in [6, 6.07) is 0.770. The van der Waals surface area contributed by atoms with Crippen LogP contribution >= 0.6 is 0 Å². The van der Waals surface area contributed by atoms with Crippen LogP contribution in [-0.2, 0) is 0 Å². The van der Waals surface area contributed by atoms with Gasteiger partial charge in [0.05, 0.1) is 0 Å². The summed E-state index contributed by atoms with van der Waals surface area (Å²) in [7, 11) is 0. The zero-order valence-electron chi connectivity index (χ0n) is 10.5. The predicted octanol–water partition coefficient (Wildman–Crippen LogP) is 2.54. The Kier molecular flexibility index (Phi) is 4.74. The van der Waals surface area contributed by atoms with Crippen LogP contribution < -0.4 is 10.6 Å². The molecule has 0 radical (unpaired) electrons. The highest BCUT2D eigenvalue weighted by molar-refractivity contribution is 4.81. The van der Waals surface area contributed by atoms with Gasteiger partial charge in [0.25, 0.3) is 0 Å². The minimum Gasteiger partial charge on any atom is -0.316 e. The maximum atomic E-state index is 13.1. The fourth-order valence-corrected chi connectivity index (χ4v) is 2.56. The highest BCUT2D eigenvalue weighted by Crippen LogP contribution is 2.36. The van der Waals surface area contributed by atoms with Gasteiger partial charge < -0.3 is 10.6 Å². The minimum atomic E-state index is -2.40. The molecule has 0 spiro atoms. The molecule has 0 saturated heterocycles. The molecule has 100 valence electrons. The predicted molar refractivity (Wildman–Crippen MR) is 65.4 cm³/mol. The van der Waals surface area contributed by atoms with Gasteiger partial charge in [-0.1, -0.05) is 0 Å². The van der Waals surface area contributed by atoms with E-state index in [1.807, 2.05) is 0 Å². The Bertz CT molecular complexity index is 229. The van der Waals surface area contributed by atoms with Gasteiger partial charge >= 0.3 is 0 Å². The van der Waals surface area contributed by atoms with Crippen LogP contribution in [0.4, 0.5) is 8.78 Å². The van der Waals surface area contributed by atoms with Gasteiger partial charge in [-0.15, -0.1) is 0 Å². The Morgan fingerprint density at radius 2 is 1.94 bits per heavy atom. The Balaban J connectivity index is 1.46. The van der Waals surface area contributed by atoms with Crippen molar-refractivity contribution in [2.45, 2.75) is 56.9 Å². The smallest absolute Gasteiger partial charge is 0.248 e. The molecule has 0 aliphatic heterocycles. The van der Waals surface area contributed by atoms with Crippen LogP contribution in [0.1, 0.15) is 44.9 Å². The molecule has 0 aromatic heterocycles. The van der Waals surface area contributed by atoms with E-state index in [0.29, 0.717) is 6.42 Å². The average molecular weight is 246 g/mol. The SMILES string of the molecule is FC1(F)CCCC(CNCCCNC2CC2)C1. The molecular weight excluding hydrogens is 222 g/mol. The molecule has 2 aliphatic rings. The topological polar surface area (TPSA) is 24.1 Å². The van der Waals surface area contributed by atoms with Crippen molar-refractivity contribution >= 4 is 0 Å². The van der Waals surface area contributed by atoms with Crippen LogP contribution in [0, 0.1) is 5.92 Å². The van der Waals surface area contributed by atoms with Crippen LogP contribution in [0.2, 0.25) is 0 Å². The van der Waals surface area contributed by atoms with E-state index in [2.05, 4.69) is 10.6 Å². The standard InChI is InChI=1S/C13H24F2N2/c14-13(15)6-1-3-11(9-13)10-16-7-2-8-17-12-4-5-12/h11-12,16-17H,1-10H2. The van der Waals surface area contributed by atoms with E-state index in [4.69, 9.17) is 0 Å². The van der Waals surface area contributed by atoms with Crippen molar-refractivity contribution in [1.29, 1.82) is 0 Å². The Morgan fingerprint density at radius 3 is 2.65 bits per heavy atom. The second kappa shape index (κ2) is 6.10. The van der Waals surface area contributed by atoms with Crippen molar-refractivity contribution in [2.24, 2.45) is 5.92 Å². The second-order valence-corrected chi connectivity index (χ2v) is 5.60. The summed E-state index contributed by atoms with van der Waals surface area (Å²) in [5.74, 6) is -2.23. The lowest BCUT2D eigenvalue weighted by molar-refractivity contribution is -0.0519. The molecule has 1 unspecified atom stereocenters. The van der Waals surface area contributed by atoms with E-state index >= 15 is 0 Å². The van der Waals surface area contributed by atoms with E-state index in [9.17, 15) is 8.78 Å². The zero-order chi connectivity index (χ0) is 12.1. The zero-order valence-corrected chi connectivity index (χ0v) is 10.5. The summed E-state index contributed by atoms with van der Waals surface area (Å²) >= 11 is 0. The summed E-state index contributed by atoms with van der Waals surface area (Å²) in [4.78, 5) is 0. The monoisotopic (exact) mass is 246 g/mol. The fourth-order valence-electron chi connectivity index (χ4n) is 2.56. The first kappa shape index (κ1) is 13.2. The van der Waals surface area contributed by atoms with Gasteiger partial charge in [0.2, 0.25) is 5.92 Å². The lowest BCUT2D eigenvalue weighted by Crippen LogP contribution is -2.33. The van der Waals surface area contributed by atoms with Gasteiger partial charge in [-0.05, 0) is 57.7 Å².